The van der Waals surface area contributed by atoms with Gasteiger partial charge in [0.05, 0.1) is 12.1 Å². The van der Waals surface area contributed by atoms with E-state index in [1.54, 1.807) is 13.0 Å². The zero-order chi connectivity index (χ0) is 20.5. The molecule has 1 amide bonds. The lowest BCUT2D eigenvalue weighted by molar-refractivity contribution is 0.0465. The maximum absolute atomic E-state index is 11.7. The second-order valence-corrected chi connectivity index (χ2v) is 8.68. The summed E-state index contributed by atoms with van der Waals surface area (Å²) in [5, 5.41) is 12.8. The Morgan fingerprint density at radius 1 is 0.963 bits per heavy atom. The van der Waals surface area contributed by atoms with E-state index >= 15 is 0 Å². The largest absolute Gasteiger partial charge is 0.444 e. The molecule has 0 spiro atoms. The van der Waals surface area contributed by atoms with Crippen molar-refractivity contribution in [3.63, 3.8) is 0 Å². The van der Waals surface area contributed by atoms with Crippen molar-refractivity contribution in [3.05, 3.63) is 12.2 Å². The summed E-state index contributed by atoms with van der Waals surface area (Å²) in [5.74, 6) is 0. The summed E-state index contributed by atoms with van der Waals surface area (Å²) in [5.41, 5.74) is -0.528. The lowest BCUT2D eigenvalue weighted by Gasteiger charge is -2.23. The quantitative estimate of drug-likeness (QED) is 0.250. The van der Waals surface area contributed by atoms with Crippen LogP contribution in [0.1, 0.15) is 112 Å². The van der Waals surface area contributed by atoms with Crippen LogP contribution in [-0.4, -0.2) is 28.9 Å². The summed E-state index contributed by atoms with van der Waals surface area (Å²) < 4.78 is 5.20. The standard InChI is InChI=1S/C23H45NO3/c1-6-7-8-9-10-11-12-13-14-15-16-17-18-19-21(25)20(2)24-22(26)27-23(3,4)5/h18-21,25H,6-17H2,1-5H3,(H,24,26)/b19-18+/t20-,21+/m0/s1. The van der Waals surface area contributed by atoms with Crippen LogP contribution in [0.2, 0.25) is 0 Å². The minimum Gasteiger partial charge on any atom is -0.444 e. The minimum absolute atomic E-state index is 0.367. The summed E-state index contributed by atoms with van der Waals surface area (Å²) in [6.07, 6.45) is 18.3. The van der Waals surface area contributed by atoms with Crippen molar-refractivity contribution in [2.45, 2.75) is 129 Å². The van der Waals surface area contributed by atoms with E-state index in [2.05, 4.69) is 12.2 Å². The van der Waals surface area contributed by atoms with Gasteiger partial charge in [-0.1, -0.05) is 83.3 Å². The van der Waals surface area contributed by atoms with Gasteiger partial charge in [0, 0.05) is 0 Å². The van der Waals surface area contributed by atoms with Crippen LogP contribution >= 0.6 is 0 Å². The molecular formula is C23H45NO3. The van der Waals surface area contributed by atoms with Crippen LogP contribution in [0.5, 0.6) is 0 Å². The first-order valence-electron chi connectivity index (χ1n) is 11.1. The van der Waals surface area contributed by atoms with E-state index in [9.17, 15) is 9.90 Å². The Kier molecular flexibility index (Phi) is 15.4. The summed E-state index contributed by atoms with van der Waals surface area (Å²) in [6.45, 7) is 9.50. The molecule has 0 aromatic rings. The molecule has 0 aliphatic carbocycles. The Balaban J connectivity index is 3.60. The highest BCUT2D eigenvalue weighted by Gasteiger charge is 2.19. The second-order valence-electron chi connectivity index (χ2n) is 8.68. The van der Waals surface area contributed by atoms with Gasteiger partial charge >= 0.3 is 6.09 Å². The molecule has 2 N–H and O–H groups in total. The molecule has 0 rings (SSSR count). The molecule has 0 aromatic heterocycles. The highest BCUT2D eigenvalue weighted by Crippen LogP contribution is 2.12. The number of alkyl carbamates (subject to hydrolysis) is 1. The van der Waals surface area contributed by atoms with E-state index in [-0.39, 0.29) is 6.04 Å². The smallest absolute Gasteiger partial charge is 0.407 e. The highest BCUT2D eigenvalue weighted by molar-refractivity contribution is 5.68. The summed E-state index contributed by atoms with van der Waals surface area (Å²) in [4.78, 5) is 11.7. The molecule has 0 radical (unpaired) electrons. The number of allylic oxidation sites excluding steroid dienone is 1. The number of nitrogens with one attached hydrogen (secondary N) is 1. The van der Waals surface area contributed by atoms with E-state index in [4.69, 9.17) is 4.74 Å². The van der Waals surface area contributed by atoms with Gasteiger partial charge < -0.3 is 15.2 Å². The summed E-state index contributed by atoms with van der Waals surface area (Å²) >= 11 is 0. The van der Waals surface area contributed by atoms with Crippen molar-refractivity contribution in [2.75, 3.05) is 0 Å². The number of carbonyl (C=O) groups excluding carboxylic acids is 1. The zero-order valence-electron chi connectivity index (χ0n) is 18.6. The number of ether oxygens (including phenoxy) is 1. The van der Waals surface area contributed by atoms with Gasteiger partial charge in [0.1, 0.15) is 5.60 Å². The average Bonchev–Trinajstić information content (AvgIpc) is 2.57. The van der Waals surface area contributed by atoms with Gasteiger partial charge in [-0.15, -0.1) is 0 Å². The summed E-state index contributed by atoms with van der Waals surface area (Å²) in [7, 11) is 0. The number of hydrogen-bond acceptors (Lipinski definition) is 3. The van der Waals surface area contributed by atoms with Crippen LogP contribution in [-0.2, 0) is 4.74 Å². The topological polar surface area (TPSA) is 58.6 Å². The molecule has 0 unspecified atom stereocenters. The Morgan fingerprint density at radius 3 is 1.93 bits per heavy atom. The first kappa shape index (κ1) is 26.0. The predicted octanol–water partition coefficient (Wildman–Crippen LogP) is 6.52. The monoisotopic (exact) mass is 383 g/mol. The Hall–Kier alpha value is -1.03. The highest BCUT2D eigenvalue weighted by atomic mass is 16.6. The van der Waals surface area contributed by atoms with Crippen molar-refractivity contribution < 1.29 is 14.6 Å². The van der Waals surface area contributed by atoms with Crippen LogP contribution in [0.4, 0.5) is 4.79 Å². The Morgan fingerprint density at radius 2 is 1.44 bits per heavy atom. The van der Waals surface area contributed by atoms with Crippen LogP contribution in [0, 0.1) is 0 Å². The molecule has 0 saturated carbocycles. The maximum Gasteiger partial charge on any atom is 0.407 e. The normalized spacial score (nSPS) is 14.3. The maximum atomic E-state index is 11.7. The van der Waals surface area contributed by atoms with Crippen molar-refractivity contribution in [1.82, 2.24) is 5.32 Å². The molecule has 0 aliphatic heterocycles. The number of aliphatic hydroxyl groups is 1. The number of rotatable bonds is 15. The number of unbranched alkanes of at least 4 members (excludes halogenated alkanes) is 11. The lowest BCUT2D eigenvalue weighted by atomic mass is 10.0. The van der Waals surface area contributed by atoms with Crippen molar-refractivity contribution in [1.29, 1.82) is 0 Å². The van der Waals surface area contributed by atoms with E-state index in [0.29, 0.717) is 0 Å². The average molecular weight is 384 g/mol. The van der Waals surface area contributed by atoms with Crippen LogP contribution < -0.4 is 5.32 Å². The number of amides is 1. The third-order valence-electron chi connectivity index (χ3n) is 4.56. The summed E-state index contributed by atoms with van der Waals surface area (Å²) in [6, 6.07) is -0.367. The molecule has 160 valence electrons. The molecule has 4 nitrogen and oxygen atoms in total. The molecule has 0 aliphatic rings. The number of aliphatic hydroxyl groups excluding tert-OH is 1. The molecule has 0 aromatic carbocycles. The zero-order valence-corrected chi connectivity index (χ0v) is 18.6. The molecule has 4 heteroatoms. The minimum atomic E-state index is -0.690. The second kappa shape index (κ2) is 16.0. The first-order valence-corrected chi connectivity index (χ1v) is 11.1. The molecule has 0 fully saturated rings. The van der Waals surface area contributed by atoms with Gasteiger partial charge in [0.15, 0.2) is 0 Å². The van der Waals surface area contributed by atoms with E-state index in [1.807, 2.05) is 26.8 Å². The fourth-order valence-corrected chi connectivity index (χ4v) is 2.91. The van der Waals surface area contributed by atoms with Gasteiger partial charge in [0.25, 0.3) is 0 Å². The van der Waals surface area contributed by atoms with E-state index in [1.165, 1.54) is 64.2 Å². The fourth-order valence-electron chi connectivity index (χ4n) is 2.91. The Labute approximate surface area is 168 Å². The lowest BCUT2D eigenvalue weighted by Crippen LogP contribution is -2.43. The van der Waals surface area contributed by atoms with E-state index in [0.717, 1.165) is 12.8 Å². The van der Waals surface area contributed by atoms with Crippen molar-refractivity contribution in [2.24, 2.45) is 0 Å². The third kappa shape index (κ3) is 18.1. The number of hydrogen-bond donors (Lipinski definition) is 2. The first-order chi connectivity index (χ1) is 12.8. The van der Waals surface area contributed by atoms with Gasteiger partial charge in [-0.05, 0) is 40.5 Å². The van der Waals surface area contributed by atoms with Gasteiger partial charge in [-0.25, -0.2) is 4.79 Å². The van der Waals surface area contributed by atoms with Crippen molar-refractivity contribution >= 4 is 6.09 Å². The predicted molar refractivity (Wildman–Crippen MR) is 115 cm³/mol. The SMILES string of the molecule is CCCCCCCCCCCCC/C=C/[C@@H](O)[C@H](C)NC(=O)OC(C)(C)C. The van der Waals surface area contributed by atoms with Gasteiger partial charge in [-0.3, -0.25) is 0 Å². The van der Waals surface area contributed by atoms with Gasteiger partial charge in [0.2, 0.25) is 0 Å². The number of carbonyl (C=O) groups is 1. The molecule has 0 heterocycles. The Bertz CT molecular complexity index is 388. The van der Waals surface area contributed by atoms with Crippen molar-refractivity contribution in [3.8, 4) is 0 Å². The molecule has 0 saturated heterocycles. The van der Waals surface area contributed by atoms with Gasteiger partial charge in [-0.2, -0.15) is 0 Å². The molecule has 0 bridgehead atoms. The molecular weight excluding hydrogens is 338 g/mol. The van der Waals surface area contributed by atoms with Crippen LogP contribution in [0.15, 0.2) is 12.2 Å². The molecule has 27 heavy (non-hydrogen) atoms. The molecule has 2 atom stereocenters. The van der Waals surface area contributed by atoms with Crippen LogP contribution in [0.25, 0.3) is 0 Å². The van der Waals surface area contributed by atoms with Crippen LogP contribution in [0.3, 0.4) is 0 Å². The van der Waals surface area contributed by atoms with E-state index < -0.39 is 17.8 Å². The fraction of sp³-hybridized carbons (Fsp3) is 0.870. The third-order valence-corrected chi connectivity index (χ3v) is 4.56.